The third-order valence-electron chi connectivity index (χ3n) is 3.98. The molecule has 0 radical (unpaired) electrons. The van der Waals surface area contributed by atoms with Crippen LogP contribution in [0.2, 0.25) is 0 Å². The van der Waals surface area contributed by atoms with Crippen molar-refractivity contribution < 1.29 is 4.39 Å². The predicted molar refractivity (Wildman–Crippen MR) is 69.5 cm³/mol. The smallest absolute Gasteiger partial charge is 0.123 e. The number of benzene rings is 1. The summed E-state index contributed by atoms with van der Waals surface area (Å²) in [6.07, 6.45) is 4.84. The molecule has 0 aliphatic heterocycles. The monoisotopic (exact) mass is 235 g/mol. The maximum Gasteiger partial charge on any atom is 0.123 e. The van der Waals surface area contributed by atoms with E-state index >= 15 is 0 Å². The molecular weight excluding hydrogens is 213 g/mol. The maximum absolute atomic E-state index is 12.8. The van der Waals surface area contributed by atoms with Crippen molar-refractivity contribution in [2.75, 3.05) is 6.54 Å². The van der Waals surface area contributed by atoms with E-state index in [9.17, 15) is 4.39 Å². The van der Waals surface area contributed by atoms with Gasteiger partial charge in [-0.1, -0.05) is 19.1 Å². The van der Waals surface area contributed by atoms with Crippen LogP contribution in [0.3, 0.4) is 0 Å². The van der Waals surface area contributed by atoms with E-state index < -0.39 is 0 Å². The summed E-state index contributed by atoms with van der Waals surface area (Å²) in [5, 5.41) is 3.59. The van der Waals surface area contributed by atoms with Crippen molar-refractivity contribution in [3.05, 3.63) is 35.6 Å². The molecule has 1 N–H and O–H groups in total. The van der Waals surface area contributed by atoms with Gasteiger partial charge in [0.1, 0.15) is 5.82 Å². The molecule has 1 atom stereocenters. The van der Waals surface area contributed by atoms with E-state index in [0.29, 0.717) is 11.5 Å². The largest absolute Gasteiger partial charge is 0.314 e. The number of hydrogen-bond acceptors (Lipinski definition) is 1. The van der Waals surface area contributed by atoms with Crippen molar-refractivity contribution in [3.63, 3.8) is 0 Å². The first kappa shape index (κ1) is 12.6. The minimum Gasteiger partial charge on any atom is -0.314 e. The quantitative estimate of drug-likeness (QED) is 0.795. The minimum absolute atomic E-state index is 0.143. The molecule has 0 heterocycles. The van der Waals surface area contributed by atoms with Crippen LogP contribution in [0.5, 0.6) is 0 Å². The summed E-state index contributed by atoms with van der Waals surface area (Å²) < 4.78 is 12.8. The van der Waals surface area contributed by atoms with Gasteiger partial charge >= 0.3 is 0 Å². The average Bonchev–Trinajstić information content (AvgIpc) is 3.10. The molecule has 2 rings (SSSR count). The predicted octanol–water partition coefficient (Wildman–Crippen LogP) is 3.54. The summed E-state index contributed by atoms with van der Waals surface area (Å²) in [6, 6.07) is 7.53. The van der Waals surface area contributed by atoms with E-state index in [1.807, 2.05) is 12.1 Å². The summed E-state index contributed by atoms with van der Waals surface area (Å²) >= 11 is 0. The van der Waals surface area contributed by atoms with E-state index in [1.54, 1.807) is 12.1 Å². The summed E-state index contributed by atoms with van der Waals surface area (Å²) in [6.45, 7) is 5.57. The molecule has 0 amide bonds. The van der Waals surface area contributed by atoms with Crippen LogP contribution >= 0.6 is 0 Å². The van der Waals surface area contributed by atoms with Gasteiger partial charge in [0.2, 0.25) is 0 Å². The van der Waals surface area contributed by atoms with Gasteiger partial charge in [0, 0.05) is 6.04 Å². The lowest BCUT2D eigenvalue weighted by atomic mass is 9.90. The molecular formula is C15H22FN. The molecule has 2 heteroatoms. The van der Waals surface area contributed by atoms with Gasteiger partial charge in [-0.15, -0.1) is 0 Å². The van der Waals surface area contributed by atoms with Crippen molar-refractivity contribution in [2.24, 2.45) is 5.41 Å². The third kappa shape index (κ3) is 3.06. The fourth-order valence-electron chi connectivity index (χ4n) is 2.51. The van der Waals surface area contributed by atoms with Crippen LogP contribution in [0.4, 0.5) is 4.39 Å². The molecule has 0 spiro atoms. The van der Waals surface area contributed by atoms with Crippen molar-refractivity contribution >= 4 is 0 Å². The van der Waals surface area contributed by atoms with Crippen molar-refractivity contribution in [1.82, 2.24) is 5.32 Å². The Morgan fingerprint density at radius 1 is 1.29 bits per heavy atom. The van der Waals surface area contributed by atoms with Gasteiger partial charge in [0.25, 0.3) is 0 Å². The van der Waals surface area contributed by atoms with E-state index in [1.165, 1.54) is 24.8 Å². The van der Waals surface area contributed by atoms with Crippen molar-refractivity contribution in [2.45, 2.75) is 45.6 Å². The zero-order valence-electron chi connectivity index (χ0n) is 10.8. The van der Waals surface area contributed by atoms with Crippen LogP contribution in [0.15, 0.2) is 24.3 Å². The standard InChI is InChI=1S/C15H22FN/c1-3-10-17-12(2)15(8-9-15)11-13-4-6-14(16)7-5-13/h4-7,12,17H,3,8-11H2,1-2H3. The van der Waals surface area contributed by atoms with Crippen LogP contribution in [0, 0.1) is 11.2 Å². The summed E-state index contributed by atoms with van der Waals surface area (Å²) in [5.74, 6) is -0.143. The Balaban J connectivity index is 1.95. The lowest BCUT2D eigenvalue weighted by Gasteiger charge is -2.24. The van der Waals surface area contributed by atoms with Gasteiger partial charge in [-0.3, -0.25) is 0 Å². The van der Waals surface area contributed by atoms with Crippen LogP contribution in [-0.2, 0) is 6.42 Å². The fourth-order valence-corrected chi connectivity index (χ4v) is 2.51. The highest BCUT2D eigenvalue weighted by Gasteiger charge is 2.46. The summed E-state index contributed by atoms with van der Waals surface area (Å²) in [7, 11) is 0. The zero-order valence-corrected chi connectivity index (χ0v) is 10.8. The van der Waals surface area contributed by atoms with Crippen LogP contribution in [0.25, 0.3) is 0 Å². The van der Waals surface area contributed by atoms with Gasteiger partial charge in [-0.05, 0) is 62.3 Å². The number of halogens is 1. The molecule has 1 aliphatic carbocycles. The molecule has 1 nitrogen and oxygen atoms in total. The molecule has 1 aliphatic rings. The summed E-state index contributed by atoms with van der Waals surface area (Å²) in [4.78, 5) is 0. The molecule has 1 aromatic rings. The second kappa shape index (κ2) is 5.18. The van der Waals surface area contributed by atoms with Gasteiger partial charge in [0.05, 0.1) is 0 Å². The van der Waals surface area contributed by atoms with Crippen LogP contribution in [0.1, 0.15) is 38.7 Å². The zero-order chi connectivity index (χ0) is 12.3. The molecule has 0 bridgehead atoms. The van der Waals surface area contributed by atoms with Crippen molar-refractivity contribution in [1.29, 1.82) is 0 Å². The Kier molecular flexibility index (Phi) is 3.82. The van der Waals surface area contributed by atoms with Gasteiger partial charge < -0.3 is 5.32 Å². The Bertz CT molecular complexity index is 354. The molecule has 1 saturated carbocycles. The lowest BCUT2D eigenvalue weighted by molar-refractivity contribution is 0.350. The molecule has 0 saturated heterocycles. The second-order valence-electron chi connectivity index (χ2n) is 5.34. The molecule has 1 aromatic carbocycles. The maximum atomic E-state index is 12.8. The molecule has 17 heavy (non-hydrogen) atoms. The average molecular weight is 235 g/mol. The van der Waals surface area contributed by atoms with Gasteiger partial charge in [0.15, 0.2) is 0 Å². The van der Waals surface area contributed by atoms with Crippen LogP contribution < -0.4 is 5.32 Å². The second-order valence-corrected chi connectivity index (χ2v) is 5.34. The SMILES string of the molecule is CCCNC(C)C1(Cc2ccc(F)cc2)CC1. The Labute approximate surface area is 103 Å². The first-order chi connectivity index (χ1) is 8.16. The highest BCUT2D eigenvalue weighted by atomic mass is 19.1. The fraction of sp³-hybridized carbons (Fsp3) is 0.600. The normalized spacial score (nSPS) is 19.0. The third-order valence-corrected chi connectivity index (χ3v) is 3.98. The lowest BCUT2D eigenvalue weighted by Crippen LogP contribution is -2.36. The number of rotatable bonds is 6. The molecule has 94 valence electrons. The number of hydrogen-bond donors (Lipinski definition) is 1. The molecule has 1 unspecified atom stereocenters. The molecule has 0 aromatic heterocycles. The topological polar surface area (TPSA) is 12.0 Å². The Morgan fingerprint density at radius 3 is 2.47 bits per heavy atom. The van der Waals surface area contributed by atoms with Crippen LogP contribution in [-0.4, -0.2) is 12.6 Å². The van der Waals surface area contributed by atoms with E-state index in [-0.39, 0.29) is 5.82 Å². The molecule has 1 fully saturated rings. The highest BCUT2D eigenvalue weighted by molar-refractivity contribution is 5.20. The Hall–Kier alpha value is -0.890. The van der Waals surface area contributed by atoms with E-state index in [0.717, 1.165) is 13.0 Å². The van der Waals surface area contributed by atoms with E-state index in [2.05, 4.69) is 19.2 Å². The first-order valence-corrected chi connectivity index (χ1v) is 6.64. The van der Waals surface area contributed by atoms with Gasteiger partial charge in [-0.25, -0.2) is 4.39 Å². The van der Waals surface area contributed by atoms with Crippen molar-refractivity contribution in [3.8, 4) is 0 Å². The minimum atomic E-state index is -0.143. The van der Waals surface area contributed by atoms with E-state index in [4.69, 9.17) is 0 Å². The summed E-state index contributed by atoms with van der Waals surface area (Å²) in [5.41, 5.74) is 1.68. The Morgan fingerprint density at radius 2 is 1.94 bits per heavy atom. The number of nitrogens with one attached hydrogen (secondary N) is 1. The van der Waals surface area contributed by atoms with Gasteiger partial charge in [-0.2, -0.15) is 0 Å². The highest BCUT2D eigenvalue weighted by Crippen LogP contribution is 2.51. The first-order valence-electron chi connectivity index (χ1n) is 6.64.